The second-order valence-electron chi connectivity index (χ2n) is 7.50. The Labute approximate surface area is 157 Å². The third-order valence-corrected chi connectivity index (χ3v) is 5.83. The van der Waals surface area contributed by atoms with Gasteiger partial charge in [0.15, 0.2) is 5.69 Å². The molecule has 2 atom stereocenters. The maximum atomic E-state index is 13.0. The Kier molecular flexibility index (Phi) is 4.86. The Morgan fingerprint density at radius 1 is 1.30 bits per heavy atom. The predicted molar refractivity (Wildman–Crippen MR) is 97.0 cm³/mol. The molecule has 2 aromatic rings. The summed E-state index contributed by atoms with van der Waals surface area (Å²) in [6.07, 6.45) is 4.34. The molecule has 1 aromatic heterocycles. The molecule has 1 aromatic carbocycles. The lowest BCUT2D eigenvalue weighted by Gasteiger charge is -2.36. The summed E-state index contributed by atoms with van der Waals surface area (Å²) < 4.78 is 23.9. The van der Waals surface area contributed by atoms with Crippen molar-refractivity contribution in [2.45, 2.75) is 57.3 Å². The third kappa shape index (κ3) is 3.69. The van der Waals surface area contributed by atoms with Crippen molar-refractivity contribution in [3.63, 3.8) is 0 Å². The Bertz CT molecular complexity index is 806. The Morgan fingerprint density at radius 3 is 2.63 bits per heavy atom. The molecule has 6 nitrogen and oxygen atoms in total. The van der Waals surface area contributed by atoms with E-state index in [0.29, 0.717) is 29.2 Å². The van der Waals surface area contributed by atoms with E-state index in [9.17, 15) is 9.18 Å². The van der Waals surface area contributed by atoms with Gasteiger partial charge in [0.1, 0.15) is 23.9 Å². The van der Waals surface area contributed by atoms with Crippen molar-refractivity contribution < 1.29 is 18.4 Å². The van der Waals surface area contributed by atoms with Crippen LogP contribution in [0.3, 0.4) is 0 Å². The van der Waals surface area contributed by atoms with Crippen LogP contribution in [0.1, 0.15) is 47.5 Å². The highest BCUT2D eigenvalue weighted by atomic mass is 19.1. The second kappa shape index (κ2) is 7.31. The maximum absolute atomic E-state index is 13.0. The molecule has 0 saturated carbocycles. The van der Waals surface area contributed by atoms with Crippen molar-refractivity contribution in [2.75, 3.05) is 7.05 Å². The third-order valence-electron chi connectivity index (χ3n) is 5.83. The van der Waals surface area contributed by atoms with Gasteiger partial charge in [-0.3, -0.25) is 4.79 Å². The van der Waals surface area contributed by atoms with Crippen LogP contribution in [0.5, 0.6) is 5.75 Å². The van der Waals surface area contributed by atoms with E-state index >= 15 is 0 Å². The number of carbonyl (C=O) groups excluding carboxylic acids is 1. The smallest absolute Gasteiger partial charge is 0.274 e. The number of rotatable bonds is 5. The van der Waals surface area contributed by atoms with Crippen LogP contribution in [0.25, 0.3) is 0 Å². The molecular formula is C20H24FN3O3. The van der Waals surface area contributed by atoms with Crippen LogP contribution in [0.15, 0.2) is 28.8 Å². The number of halogens is 1. The average Bonchev–Trinajstić information content (AvgIpc) is 3.09. The first-order valence-corrected chi connectivity index (χ1v) is 9.37. The van der Waals surface area contributed by atoms with E-state index in [4.69, 9.17) is 9.26 Å². The Morgan fingerprint density at radius 2 is 1.96 bits per heavy atom. The molecule has 144 valence electrons. The van der Waals surface area contributed by atoms with Crippen molar-refractivity contribution in [3.8, 4) is 5.75 Å². The van der Waals surface area contributed by atoms with Gasteiger partial charge in [-0.1, -0.05) is 5.16 Å². The molecule has 2 aliphatic heterocycles. The van der Waals surface area contributed by atoms with Crippen LogP contribution in [-0.4, -0.2) is 41.1 Å². The fourth-order valence-corrected chi connectivity index (χ4v) is 4.21. The molecule has 0 spiro atoms. The molecule has 2 unspecified atom stereocenters. The molecule has 1 N–H and O–H groups in total. The molecule has 3 heterocycles. The lowest BCUT2D eigenvalue weighted by molar-refractivity contribution is 0.0871. The first-order valence-electron chi connectivity index (χ1n) is 9.37. The standard InChI is InChI=1S/C20H24FN3O3/c1-12-18(11-26-17-7-3-13(21)4-8-17)19(23-27-12)20(25)22-14-9-15-5-6-16(10-14)24(15)2/h3-4,7-8,14-16H,5-6,9-11H2,1-2H3,(H,22,25). The van der Waals surface area contributed by atoms with E-state index in [2.05, 4.69) is 22.4 Å². The van der Waals surface area contributed by atoms with Crippen molar-refractivity contribution in [2.24, 2.45) is 0 Å². The van der Waals surface area contributed by atoms with Crippen LogP contribution in [0.2, 0.25) is 0 Å². The van der Waals surface area contributed by atoms with Crippen molar-refractivity contribution in [3.05, 3.63) is 47.1 Å². The molecule has 7 heteroatoms. The Balaban J connectivity index is 1.41. The molecule has 27 heavy (non-hydrogen) atoms. The highest BCUT2D eigenvalue weighted by molar-refractivity contribution is 5.94. The summed E-state index contributed by atoms with van der Waals surface area (Å²) in [7, 11) is 2.17. The number of hydrogen-bond acceptors (Lipinski definition) is 5. The fourth-order valence-electron chi connectivity index (χ4n) is 4.21. The molecule has 2 bridgehead atoms. The van der Waals surface area contributed by atoms with Gasteiger partial charge in [-0.25, -0.2) is 4.39 Å². The zero-order valence-electron chi connectivity index (χ0n) is 15.6. The zero-order valence-corrected chi connectivity index (χ0v) is 15.6. The van der Waals surface area contributed by atoms with Crippen LogP contribution in [-0.2, 0) is 6.61 Å². The van der Waals surface area contributed by atoms with E-state index < -0.39 is 0 Å². The minimum atomic E-state index is -0.323. The van der Waals surface area contributed by atoms with Gasteiger partial charge in [0.05, 0.1) is 5.56 Å². The largest absolute Gasteiger partial charge is 0.489 e. The number of nitrogens with one attached hydrogen (secondary N) is 1. The maximum Gasteiger partial charge on any atom is 0.274 e. The molecule has 2 saturated heterocycles. The van der Waals surface area contributed by atoms with Gasteiger partial charge in [0.2, 0.25) is 0 Å². The van der Waals surface area contributed by atoms with Gasteiger partial charge < -0.3 is 19.5 Å². The minimum Gasteiger partial charge on any atom is -0.489 e. The monoisotopic (exact) mass is 373 g/mol. The number of aromatic nitrogens is 1. The van der Waals surface area contributed by atoms with E-state index in [1.165, 1.54) is 25.0 Å². The summed E-state index contributed by atoms with van der Waals surface area (Å²) in [5, 5.41) is 7.06. The van der Waals surface area contributed by atoms with Gasteiger partial charge in [-0.15, -0.1) is 0 Å². The van der Waals surface area contributed by atoms with E-state index in [1.54, 1.807) is 19.1 Å². The molecule has 1 amide bonds. The number of hydrogen-bond donors (Lipinski definition) is 1. The summed E-state index contributed by atoms with van der Waals surface area (Å²) >= 11 is 0. The van der Waals surface area contributed by atoms with E-state index in [0.717, 1.165) is 12.8 Å². The van der Waals surface area contributed by atoms with E-state index in [1.807, 2.05) is 0 Å². The molecule has 0 radical (unpaired) electrons. The highest BCUT2D eigenvalue weighted by Crippen LogP contribution is 2.34. The number of ether oxygens (including phenoxy) is 1. The van der Waals surface area contributed by atoms with Gasteiger partial charge in [0.25, 0.3) is 5.91 Å². The number of benzene rings is 1. The van der Waals surface area contributed by atoms with E-state index in [-0.39, 0.29) is 30.1 Å². The lowest BCUT2D eigenvalue weighted by atomic mass is 9.98. The van der Waals surface area contributed by atoms with Crippen LogP contribution < -0.4 is 10.1 Å². The molecule has 2 aliphatic rings. The number of piperidine rings is 1. The molecule has 2 fully saturated rings. The van der Waals surface area contributed by atoms with Gasteiger partial charge in [-0.05, 0) is 63.9 Å². The number of amides is 1. The summed E-state index contributed by atoms with van der Waals surface area (Å²) in [6.45, 7) is 1.89. The summed E-state index contributed by atoms with van der Waals surface area (Å²) in [6, 6.07) is 7.02. The fraction of sp³-hybridized carbons (Fsp3) is 0.500. The van der Waals surface area contributed by atoms with Gasteiger partial charge in [0, 0.05) is 18.1 Å². The number of aryl methyl sites for hydroxylation is 1. The normalized spacial score (nSPS) is 24.8. The van der Waals surface area contributed by atoms with Gasteiger partial charge >= 0.3 is 0 Å². The first kappa shape index (κ1) is 18.0. The summed E-state index contributed by atoms with van der Waals surface area (Å²) in [4.78, 5) is 15.2. The Hall–Kier alpha value is -2.41. The first-order chi connectivity index (χ1) is 13.0. The molecule has 4 rings (SSSR count). The van der Waals surface area contributed by atoms with Crippen molar-refractivity contribution >= 4 is 5.91 Å². The predicted octanol–water partition coefficient (Wildman–Crippen LogP) is 3.06. The number of fused-ring (bicyclic) bond motifs is 2. The van der Waals surface area contributed by atoms with Crippen LogP contribution in [0, 0.1) is 12.7 Å². The summed E-state index contributed by atoms with van der Waals surface area (Å²) in [5.41, 5.74) is 0.883. The van der Waals surface area contributed by atoms with Crippen LogP contribution in [0.4, 0.5) is 4.39 Å². The van der Waals surface area contributed by atoms with Crippen molar-refractivity contribution in [1.82, 2.24) is 15.4 Å². The SMILES string of the molecule is Cc1onc(C(=O)NC2CC3CCC(C2)N3C)c1COc1ccc(F)cc1. The lowest BCUT2D eigenvalue weighted by Crippen LogP contribution is -2.48. The second-order valence-corrected chi connectivity index (χ2v) is 7.50. The highest BCUT2D eigenvalue weighted by Gasteiger charge is 2.39. The molecular weight excluding hydrogens is 349 g/mol. The topological polar surface area (TPSA) is 67.6 Å². The minimum absolute atomic E-state index is 0.141. The summed E-state index contributed by atoms with van der Waals surface area (Å²) in [5.74, 6) is 0.523. The number of nitrogens with zero attached hydrogens (tertiary/aromatic N) is 2. The number of carbonyl (C=O) groups is 1. The quantitative estimate of drug-likeness (QED) is 0.873. The van der Waals surface area contributed by atoms with Crippen LogP contribution >= 0.6 is 0 Å². The zero-order chi connectivity index (χ0) is 19.0. The molecule has 0 aliphatic carbocycles. The van der Waals surface area contributed by atoms with Crippen molar-refractivity contribution in [1.29, 1.82) is 0 Å². The van der Waals surface area contributed by atoms with Gasteiger partial charge in [-0.2, -0.15) is 0 Å². The average molecular weight is 373 g/mol.